The summed E-state index contributed by atoms with van der Waals surface area (Å²) in [6.45, 7) is 3.85. The van der Waals surface area contributed by atoms with Gasteiger partial charge in [-0.1, -0.05) is 39.0 Å². The van der Waals surface area contributed by atoms with E-state index >= 15 is 0 Å². The number of aliphatic carboxylic acids is 1. The Morgan fingerprint density at radius 1 is 1.28 bits per heavy atom. The molecule has 18 heavy (non-hydrogen) atoms. The minimum atomic E-state index is -1.25. The number of hydrogen-bond acceptors (Lipinski definition) is 3. The summed E-state index contributed by atoms with van der Waals surface area (Å²) in [6.07, 6.45) is 5.67. The molecule has 2 rings (SSSR count). The van der Waals surface area contributed by atoms with E-state index in [1.807, 2.05) is 6.92 Å². The van der Waals surface area contributed by atoms with E-state index in [0.717, 1.165) is 25.7 Å². The minimum Gasteiger partial charge on any atom is -0.480 e. The van der Waals surface area contributed by atoms with Gasteiger partial charge in [0.2, 0.25) is 0 Å². The molecule has 2 aliphatic carbocycles. The highest BCUT2D eigenvalue weighted by Crippen LogP contribution is 2.65. The van der Waals surface area contributed by atoms with Crippen LogP contribution in [0.4, 0.5) is 0 Å². The van der Waals surface area contributed by atoms with Crippen LogP contribution >= 0.6 is 0 Å². The van der Waals surface area contributed by atoms with Crippen molar-refractivity contribution >= 4 is 11.9 Å². The van der Waals surface area contributed by atoms with E-state index in [9.17, 15) is 14.7 Å². The maximum absolute atomic E-state index is 12.0. The molecule has 2 aliphatic rings. The monoisotopic (exact) mass is 254 g/mol. The quantitative estimate of drug-likeness (QED) is 0.618. The van der Waals surface area contributed by atoms with E-state index in [0.29, 0.717) is 5.92 Å². The van der Waals surface area contributed by atoms with Gasteiger partial charge in [0.15, 0.2) is 5.41 Å². The Morgan fingerprint density at radius 2 is 1.89 bits per heavy atom. The number of carboxylic acids is 1. The lowest BCUT2D eigenvalue weighted by molar-refractivity contribution is -0.162. The Hall–Kier alpha value is -1.06. The summed E-state index contributed by atoms with van der Waals surface area (Å²) in [6, 6.07) is 0. The smallest absolute Gasteiger partial charge is 0.324 e. The van der Waals surface area contributed by atoms with Gasteiger partial charge in [-0.05, 0) is 24.7 Å². The van der Waals surface area contributed by atoms with Crippen LogP contribution in [0.1, 0.15) is 46.0 Å². The summed E-state index contributed by atoms with van der Waals surface area (Å²) >= 11 is 0. The predicted molar refractivity (Wildman–Crippen MR) is 65.9 cm³/mol. The van der Waals surface area contributed by atoms with Crippen molar-refractivity contribution in [3.63, 3.8) is 0 Å². The Kier molecular flexibility index (Phi) is 3.64. The molecule has 0 aliphatic heterocycles. The molecule has 4 heteroatoms. The average molecular weight is 254 g/mol. The van der Waals surface area contributed by atoms with Gasteiger partial charge in [-0.3, -0.25) is 9.59 Å². The van der Waals surface area contributed by atoms with Crippen LogP contribution < -0.4 is 0 Å². The van der Waals surface area contributed by atoms with Crippen LogP contribution in [0.25, 0.3) is 0 Å². The van der Waals surface area contributed by atoms with Gasteiger partial charge >= 0.3 is 11.9 Å². The number of esters is 1. The summed E-state index contributed by atoms with van der Waals surface area (Å²) in [7, 11) is 0. The minimum absolute atomic E-state index is 0.0191. The van der Waals surface area contributed by atoms with Crippen LogP contribution in [0.15, 0.2) is 0 Å². The van der Waals surface area contributed by atoms with Gasteiger partial charge < -0.3 is 9.84 Å². The second-order valence-corrected chi connectivity index (χ2v) is 5.61. The molecule has 4 nitrogen and oxygen atoms in total. The third-order valence-electron chi connectivity index (χ3n) is 4.80. The van der Waals surface area contributed by atoms with Crippen LogP contribution in [-0.2, 0) is 14.3 Å². The zero-order valence-electron chi connectivity index (χ0n) is 11.1. The fourth-order valence-electron chi connectivity index (χ4n) is 3.86. The van der Waals surface area contributed by atoms with Gasteiger partial charge in [0.1, 0.15) is 0 Å². The second-order valence-electron chi connectivity index (χ2n) is 5.61. The zero-order valence-corrected chi connectivity index (χ0v) is 11.1. The lowest BCUT2D eigenvalue weighted by Crippen LogP contribution is -2.32. The maximum atomic E-state index is 12.0. The van der Waals surface area contributed by atoms with Crippen molar-refractivity contribution in [2.45, 2.75) is 46.0 Å². The first-order chi connectivity index (χ1) is 8.56. The second kappa shape index (κ2) is 4.90. The molecule has 1 N–H and O–H groups in total. The van der Waals surface area contributed by atoms with Crippen LogP contribution in [0.2, 0.25) is 0 Å². The van der Waals surface area contributed by atoms with Crippen LogP contribution in [0.3, 0.4) is 0 Å². The van der Waals surface area contributed by atoms with Crippen molar-refractivity contribution in [3.05, 3.63) is 0 Å². The van der Waals surface area contributed by atoms with E-state index in [-0.39, 0.29) is 18.4 Å². The summed E-state index contributed by atoms with van der Waals surface area (Å²) in [5.74, 6) is -1.25. The Bertz CT molecular complexity index is 346. The molecule has 0 spiro atoms. The molecule has 0 aromatic carbocycles. The summed E-state index contributed by atoms with van der Waals surface area (Å²) in [4.78, 5) is 23.6. The molecule has 0 radical (unpaired) electrons. The van der Waals surface area contributed by atoms with Crippen molar-refractivity contribution in [2.24, 2.45) is 23.2 Å². The van der Waals surface area contributed by atoms with Crippen molar-refractivity contribution < 1.29 is 19.4 Å². The summed E-state index contributed by atoms with van der Waals surface area (Å²) in [5.41, 5.74) is -1.25. The Labute approximate surface area is 108 Å². The number of rotatable bonds is 4. The van der Waals surface area contributed by atoms with Crippen LogP contribution in [-0.4, -0.2) is 23.7 Å². The van der Waals surface area contributed by atoms with Crippen molar-refractivity contribution in [2.75, 3.05) is 6.61 Å². The summed E-state index contributed by atoms with van der Waals surface area (Å²) < 4.78 is 5.00. The molecular weight excluding hydrogens is 232 g/mol. The SMILES string of the molecule is CCOC(=O)C1(C(=O)O)[C@H](C)[C@@H]1C1CCCCC1. The first-order valence-electron chi connectivity index (χ1n) is 6.97. The molecule has 0 bridgehead atoms. The third-order valence-corrected chi connectivity index (χ3v) is 4.80. The van der Waals surface area contributed by atoms with E-state index in [1.54, 1.807) is 6.92 Å². The first kappa shape index (κ1) is 13.4. The standard InChI is InChI=1S/C14H22O4/c1-3-18-13(17)14(12(15)16)9(2)11(14)10-7-5-4-6-8-10/h9-11H,3-8H2,1-2H3,(H,15,16)/t9-,11-,14?/m1/s1. The molecule has 0 aromatic rings. The molecule has 102 valence electrons. The molecule has 1 unspecified atom stereocenters. The van der Waals surface area contributed by atoms with Crippen molar-refractivity contribution in [1.29, 1.82) is 0 Å². The normalized spacial score (nSPS) is 36.1. The highest BCUT2D eigenvalue weighted by atomic mass is 16.5. The van der Waals surface area contributed by atoms with Crippen LogP contribution in [0.5, 0.6) is 0 Å². The van der Waals surface area contributed by atoms with Gasteiger partial charge in [0, 0.05) is 0 Å². The van der Waals surface area contributed by atoms with E-state index in [1.165, 1.54) is 6.42 Å². The fraction of sp³-hybridized carbons (Fsp3) is 0.857. The molecule has 0 amide bonds. The molecule has 0 aromatic heterocycles. The summed E-state index contributed by atoms with van der Waals surface area (Å²) in [5, 5.41) is 9.47. The highest BCUT2D eigenvalue weighted by Gasteiger charge is 2.75. The van der Waals surface area contributed by atoms with Gasteiger partial charge in [-0.25, -0.2) is 0 Å². The van der Waals surface area contributed by atoms with E-state index in [4.69, 9.17) is 4.74 Å². The van der Waals surface area contributed by atoms with Crippen molar-refractivity contribution in [1.82, 2.24) is 0 Å². The molecule has 2 saturated carbocycles. The van der Waals surface area contributed by atoms with Crippen LogP contribution in [0, 0.1) is 23.2 Å². The number of carbonyl (C=O) groups is 2. The maximum Gasteiger partial charge on any atom is 0.324 e. The Morgan fingerprint density at radius 3 is 2.39 bits per heavy atom. The molecule has 2 fully saturated rings. The van der Waals surface area contributed by atoms with Crippen molar-refractivity contribution in [3.8, 4) is 0 Å². The lowest BCUT2D eigenvalue weighted by atomic mass is 9.82. The fourth-order valence-corrected chi connectivity index (χ4v) is 3.86. The lowest BCUT2D eigenvalue weighted by Gasteiger charge is -2.23. The number of ether oxygens (including phenoxy) is 1. The van der Waals surface area contributed by atoms with Gasteiger partial charge in [0.25, 0.3) is 0 Å². The Balaban J connectivity index is 2.17. The first-order valence-corrected chi connectivity index (χ1v) is 6.97. The zero-order chi connectivity index (χ0) is 13.3. The third kappa shape index (κ3) is 1.82. The predicted octanol–water partition coefficient (Wildman–Crippen LogP) is 2.47. The molecule has 3 atom stereocenters. The molecule has 0 heterocycles. The van der Waals surface area contributed by atoms with Gasteiger partial charge in [-0.15, -0.1) is 0 Å². The van der Waals surface area contributed by atoms with E-state index < -0.39 is 17.4 Å². The number of carboxylic acid groups (broad SMARTS) is 1. The van der Waals surface area contributed by atoms with E-state index in [2.05, 4.69) is 0 Å². The van der Waals surface area contributed by atoms with Gasteiger partial charge in [-0.2, -0.15) is 0 Å². The topological polar surface area (TPSA) is 63.6 Å². The average Bonchev–Trinajstić information content (AvgIpc) is 2.98. The highest BCUT2D eigenvalue weighted by molar-refractivity contribution is 6.03. The van der Waals surface area contributed by atoms with Gasteiger partial charge in [0.05, 0.1) is 6.61 Å². The largest absolute Gasteiger partial charge is 0.480 e. The molecule has 0 saturated heterocycles. The molecular formula is C14H22O4. The number of hydrogen-bond donors (Lipinski definition) is 1. The number of carbonyl (C=O) groups excluding carboxylic acids is 1.